The van der Waals surface area contributed by atoms with E-state index in [4.69, 9.17) is 4.99 Å². The molecule has 9 nitrogen and oxygen atoms in total. The van der Waals surface area contributed by atoms with Gasteiger partial charge in [0.25, 0.3) is 0 Å². The predicted octanol–water partition coefficient (Wildman–Crippen LogP) is 1.96. The lowest BCUT2D eigenvalue weighted by Crippen LogP contribution is -2.42. The molecule has 2 N–H and O–H groups in total. The van der Waals surface area contributed by atoms with Gasteiger partial charge >= 0.3 is 0 Å². The molecule has 0 spiro atoms. The molecule has 1 saturated carbocycles. The Morgan fingerprint density at radius 2 is 1.93 bits per heavy atom. The molecule has 4 rings (SSSR count). The number of fused-ring (bicyclic) bond motifs is 1. The van der Waals surface area contributed by atoms with E-state index < -0.39 is 0 Å². The topological polar surface area (TPSA) is 97.3 Å². The molecule has 3 aromatic heterocycles. The lowest BCUT2D eigenvalue weighted by Gasteiger charge is -2.17. The number of nitrogens with zero attached hydrogens (tertiary/aromatic N) is 7. The molecule has 150 valence electrons. The molecule has 10 heteroatoms. The average Bonchev–Trinajstić information content (AvgIpc) is 3.41. The first-order valence-corrected chi connectivity index (χ1v) is 9.39. The van der Waals surface area contributed by atoms with Crippen LogP contribution in [0.3, 0.4) is 0 Å². The fourth-order valence-corrected chi connectivity index (χ4v) is 3.33. The Kier molecular flexibility index (Phi) is 6.81. The summed E-state index contributed by atoms with van der Waals surface area (Å²) >= 11 is 0. The van der Waals surface area contributed by atoms with Crippen LogP contribution < -0.4 is 10.6 Å². The number of rotatable bonds is 5. The Bertz CT molecular complexity index is 940. The number of guanidine groups is 1. The van der Waals surface area contributed by atoms with Crippen molar-refractivity contribution >= 4 is 35.6 Å². The number of nitrogens with one attached hydrogen (secondary N) is 2. The minimum atomic E-state index is 0. The summed E-state index contributed by atoms with van der Waals surface area (Å²) in [6, 6.07) is 6.34. The fraction of sp³-hybridized carbons (Fsp3) is 0.500. The van der Waals surface area contributed by atoms with Crippen molar-refractivity contribution in [3.05, 3.63) is 41.9 Å². The van der Waals surface area contributed by atoms with Crippen LogP contribution in [0, 0.1) is 6.92 Å². The maximum absolute atomic E-state index is 4.72. The van der Waals surface area contributed by atoms with E-state index in [1.54, 1.807) is 0 Å². The molecule has 0 aliphatic heterocycles. The molecular weight excluding hydrogens is 469 g/mol. The van der Waals surface area contributed by atoms with Crippen LogP contribution in [0.15, 0.2) is 29.4 Å². The third-order valence-corrected chi connectivity index (χ3v) is 5.06. The zero-order chi connectivity index (χ0) is 18.6. The number of hydrogen-bond acceptors (Lipinski definition) is 5. The van der Waals surface area contributed by atoms with E-state index in [-0.39, 0.29) is 24.0 Å². The third kappa shape index (κ3) is 4.59. The summed E-state index contributed by atoms with van der Waals surface area (Å²) in [6.07, 6.45) is 6.86. The molecular formula is C18H26IN9. The van der Waals surface area contributed by atoms with Crippen LogP contribution in [-0.2, 0) is 20.1 Å². The molecule has 0 atom stereocenters. The quantitative estimate of drug-likeness (QED) is 0.319. The van der Waals surface area contributed by atoms with Crippen LogP contribution in [0.4, 0.5) is 0 Å². The summed E-state index contributed by atoms with van der Waals surface area (Å²) in [5.74, 6) is 3.34. The van der Waals surface area contributed by atoms with E-state index >= 15 is 0 Å². The van der Waals surface area contributed by atoms with Gasteiger partial charge in [0.15, 0.2) is 23.3 Å². The second-order valence-corrected chi connectivity index (χ2v) is 6.91. The Morgan fingerprint density at radius 1 is 1.14 bits per heavy atom. The fourth-order valence-electron chi connectivity index (χ4n) is 3.33. The predicted molar refractivity (Wildman–Crippen MR) is 118 cm³/mol. The SMILES string of the molecule is Cc1nnc(CN=C(NCc2nnc3ccccn23)NC2CCCC2)n1C.I. The molecule has 0 saturated heterocycles. The molecule has 3 aromatic rings. The zero-order valence-corrected chi connectivity index (χ0v) is 18.5. The van der Waals surface area contributed by atoms with Gasteiger partial charge in [-0.15, -0.1) is 44.4 Å². The van der Waals surface area contributed by atoms with Gasteiger partial charge in [-0.1, -0.05) is 18.9 Å². The normalized spacial score (nSPS) is 15.0. The van der Waals surface area contributed by atoms with Gasteiger partial charge in [0.05, 0.1) is 6.54 Å². The van der Waals surface area contributed by atoms with Gasteiger partial charge in [-0.2, -0.15) is 0 Å². The number of pyridine rings is 1. The van der Waals surface area contributed by atoms with Crippen molar-refractivity contribution in [1.29, 1.82) is 0 Å². The Hall–Kier alpha value is -2.24. The molecule has 0 bridgehead atoms. The van der Waals surface area contributed by atoms with Gasteiger partial charge in [-0.05, 0) is 31.9 Å². The van der Waals surface area contributed by atoms with Crippen LogP contribution in [0.2, 0.25) is 0 Å². The smallest absolute Gasteiger partial charge is 0.192 e. The van der Waals surface area contributed by atoms with E-state index in [0.29, 0.717) is 19.1 Å². The van der Waals surface area contributed by atoms with E-state index in [9.17, 15) is 0 Å². The maximum atomic E-state index is 4.72. The van der Waals surface area contributed by atoms with Gasteiger partial charge in [0.2, 0.25) is 0 Å². The number of aryl methyl sites for hydroxylation is 1. The van der Waals surface area contributed by atoms with Gasteiger partial charge in [0, 0.05) is 19.3 Å². The Balaban J connectivity index is 0.00000225. The molecule has 28 heavy (non-hydrogen) atoms. The summed E-state index contributed by atoms with van der Waals surface area (Å²) in [7, 11) is 1.96. The highest BCUT2D eigenvalue weighted by atomic mass is 127. The van der Waals surface area contributed by atoms with Gasteiger partial charge < -0.3 is 15.2 Å². The van der Waals surface area contributed by atoms with E-state index in [0.717, 1.165) is 29.1 Å². The first kappa shape index (κ1) is 20.5. The van der Waals surface area contributed by atoms with Crippen LogP contribution in [0.1, 0.15) is 43.2 Å². The molecule has 1 fully saturated rings. The summed E-state index contributed by atoms with van der Waals surface area (Å²) < 4.78 is 3.94. The monoisotopic (exact) mass is 495 g/mol. The molecule has 0 unspecified atom stereocenters. The zero-order valence-electron chi connectivity index (χ0n) is 16.2. The molecule has 1 aliphatic carbocycles. The first-order valence-electron chi connectivity index (χ1n) is 9.39. The summed E-state index contributed by atoms with van der Waals surface area (Å²) in [5, 5.41) is 23.7. The molecule has 0 amide bonds. The average molecular weight is 495 g/mol. The molecule has 0 radical (unpaired) electrons. The lowest BCUT2D eigenvalue weighted by molar-refractivity contribution is 0.607. The second-order valence-electron chi connectivity index (χ2n) is 6.91. The van der Waals surface area contributed by atoms with Crippen molar-refractivity contribution < 1.29 is 0 Å². The van der Waals surface area contributed by atoms with Crippen molar-refractivity contribution in [3.8, 4) is 0 Å². The number of aromatic nitrogens is 6. The largest absolute Gasteiger partial charge is 0.354 e. The highest BCUT2D eigenvalue weighted by Crippen LogP contribution is 2.17. The van der Waals surface area contributed by atoms with Crippen molar-refractivity contribution in [2.24, 2.45) is 12.0 Å². The summed E-state index contributed by atoms with van der Waals surface area (Å²) in [4.78, 5) is 4.72. The molecule has 0 aromatic carbocycles. The third-order valence-electron chi connectivity index (χ3n) is 5.06. The van der Waals surface area contributed by atoms with Crippen LogP contribution in [0.5, 0.6) is 0 Å². The van der Waals surface area contributed by atoms with E-state index in [1.807, 2.05) is 47.3 Å². The van der Waals surface area contributed by atoms with Crippen molar-refractivity contribution in [3.63, 3.8) is 0 Å². The van der Waals surface area contributed by atoms with Crippen molar-refractivity contribution in [1.82, 2.24) is 40.0 Å². The highest BCUT2D eigenvalue weighted by Gasteiger charge is 2.17. The van der Waals surface area contributed by atoms with Gasteiger partial charge in [0.1, 0.15) is 12.4 Å². The Labute approximate surface area is 181 Å². The van der Waals surface area contributed by atoms with Crippen LogP contribution >= 0.6 is 24.0 Å². The lowest BCUT2D eigenvalue weighted by atomic mass is 10.2. The number of aliphatic imine (C=N–C) groups is 1. The van der Waals surface area contributed by atoms with Gasteiger partial charge in [-0.3, -0.25) is 4.40 Å². The summed E-state index contributed by atoms with van der Waals surface area (Å²) in [5.41, 5.74) is 0.839. The van der Waals surface area contributed by atoms with Crippen molar-refractivity contribution in [2.45, 2.75) is 51.7 Å². The standard InChI is InChI=1S/C18H25N9.HI/c1-13-22-24-16(26(13)2)11-19-18(21-14-7-3-4-8-14)20-12-17-25-23-15-9-5-6-10-27(15)17;/h5-6,9-10,14H,3-4,7-8,11-12H2,1-2H3,(H2,19,20,21);1H. The first-order chi connectivity index (χ1) is 13.2. The van der Waals surface area contributed by atoms with E-state index in [1.165, 1.54) is 25.7 Å². The van der Waals surface area contributed by atoms with Gasteiger partial charge in [-0.25, -0.2) is 4.99 Å². The molecule has 1 aliphatic rings. The summed E-state index contributed by atoms with van der Waals surface area (Å²) in [6.45, 7) is 2.95. The Morgan fingerprint density at radius 3 is 2.68 bits per heavy atom. The minimum absolute atomic E-state index is 0. The van der Waals surface area contributed by atoms with Crippen LogP contribution in [0.25, 0.3) is 5.65 Å². The van der Waals surface area contributed by atoms with Crippen LogP contribution in [-0.4, -0.2) is 41.4 Å². The van der Waals surface area contributed by atoms with E-state index in [2.05, 4.69) is 31.0 Å². The highest BCUT2D eigenvalue weighted by molar-refractivity contribution is 14.0. The minimum Gasteiger partial charge on any atom is -0.354 e. The molecule has 3 heterocycles. The number of halogens is 1. The number of hydrogen-bond donors (Lipinski definition) is 2. The second kappa shape index (κ2) is 9.30. The maximum Gasteiger partial charge on any atom is 0.192 e. The van der Waals surface area contributed by atoms with Crippen molar-refractivity contribution in [2.75, 3.05) is 0 Å².